The summed E-state index contributed by atoms with van der Waals surface area (Å²) >= 11 is 0. The normalized spacial score (nSPS) is 13.0. The topological polar surface area (TPSA) is 49.4 Å². The summed E-state index contributed by atoms with van der Waals surface area (Å²) in [4.78, 5) is 2.38. The van der Waals surface area contributed by atoms with Crippen molar-refractivity contribution in [2.75, 3.05) is 31.6 Å². The molecule has 98 valence electrons. The molecule has 5 heteroatoms. The molecule has 1 N–H and O–H groups in total. The second-order valence-electron chi connectivity index (χ2n) is 4.81. The van der Waals surface area contributed by atoms with Crippen molar-refractivity contribution in [3.05, 3.63) is 0 Å². The molecule has 0 saturated heterocycles. The Morgan fingerprint density at radius 3 is 1.94 bits per heavy atom. The molecule has 0 heterocycles. The second-order valence-corrected chi connectivity index (χ2v) is 7.06. The van der Waals surface area contributed by atoms with Gasteiger partial charge in [0, 0.05) is 38.0 Å². The molecule has 0 radical (unpaired) electrons. The van der Waals surface area contributed by atoms with Crippen molar-refractivity contribution in [2.24, 2.45) is 0 Å². The van der Waals surface area contributed by atoms with E-state index in [1.54, 1.807) is 0 Å². The smallest absolute Gasteiger partial charge is 0.148 e. The van der Waals surface area contributed by atoms with Crippen LogP contribution in [-0.4, -0.2) is 57.0 Å². The monoisotopic (exact) mass is 250 g/mol. The van der Waals surface area contributed by atoms with Gasteiger partial charge in [-0.25, -0.2) is 8.42 Å². The summed E-state index contributed by atoms with van der Waals surface area (Å²) in [5.74, 6) is 0.219. The van der Waals surface area contributed by atoms with Gasteiger partial charge in [0.15, 0.2) is 0 Å². The molecule has 0 aromatic rings. The van der Waals surface area contributed by atoms with Crippen molar-refractivity contribution in [2.45, 2.75) is 39.8 Å². The van der Waals surface area contributed by atoms with Gasteiger partial charge in [0.1, 0.15) is 9.84 Å². The molecule has 0 aromatic carbocycles. The maximum absolute atomic E-state index is 10.9. The molecule has 0 fully saturated rings. The molecule has 0 aromatic heterocycles. The van der Waals surface area contributed by atoms with Gasteiger partial charge in [-0.1, -0.05) is 0 Å². The summed E-state index contributed by atoms with van der Waals surface area (Å²) in [5, 5.41) is 3.16. The highest BCUT2D eigenvalue weighted by atomic mass is 32.2. The van der Waals surface area contributed by atoms with E-state index in [9.17, 15) is 8.42 Å². The van der Waals surface area contributed by atoms with Gasteiger partial charge in [0.05, 0.1) is 5.75 Å². The zero-order valence-corrected chi connectivity index (χ0v) is 12.0. The lowest BCUT2D eigenvalue weighted by Gasteiger charge is -2.30. The van der Waals surface area contributed by atoms with Crippen LogP contribution in [0.1, 0.15) is 27.7 Å². The lowest BCUT2D eigenvalue weighted by Crippen LogP contribution is -2.42. The SMILES string of the molecule is CC(C)N(CCNCCS(C)(=O)=O)C(C)C. The summed E-state index contributed by atoms with van der Waals surface area (Å²) in [6.45, 7) is 11.0. The van der Waals surface area contributed by atoms with Crippen LogP contribution in [0, 0.1) is 0 Å². The molecule has 0 saturated carbocycles. The minimum absolute atomic E-state index is 0.219. The molecule has 0 unspecified atom stereocenters. The summed E-state index contributed by atoms with van der Waals surface area (Å²) in [6, 6.07) is 1.05. The zero-order chi connectivity index (χ0) is 12.8. The highest BCUT2D eigenvalue weighted by Crippen LogP contribution is 2.02. The van der Waals surface area contributed by atoms with E-state index in [1.807, 2.05) is 0 Å². The molecule has 4 nitrogen and oxygen atoms in total. The van der Waals surface area contributed by atoms with Gasteiger partial charge < -0.3 is 5.32 Å². The molecule has 16 heavy (non-hydrogen) atoms. The van der Waals surface area contributed by atoms with Crippen LogP contribution in [-0.2, 0) is 9.84 Å². The average Bonchev–Trinajstić information content (AvgIpc) is 2.07. The summed E-state index contributed by atoms with van der Waals surface area (Å²) in [5.41, 5.74) is 0. The van der Waals surface area contributed by atoms with Crippen LogP contribution in [0.2, 0.25) is 0 Å². The van der Waals surface area contributed by atoms with Crippen LogP contribution in [0.5, 0.6) is 0 Å². The highest BCUT2D eigenvalue weighted by Gasteiger charge is 2.12. The van der Waals surface area contributed by atoms with Gasteiger partial charge in [-0.2, -0.15) is 0 Å². The molecule has 0 amide bonds. The Morgan fingerprint density at radius 2 is 1.56 bits per heavy atom. The van der Waals surface area contributed by atoms with E-state index in [0.29, 0.717) is 18.6 Å². The molecule has 0 bridgehead atoms. The lowest BCUT2D eigenvalue weighted by molar-refractivity contribution is 0.176. The Bertz CT molecular complexity index is 266. The Labute approximate surface area is 100 Å². The van der Waals surface area contributed by atoms with Crippen LogP contribution in [0.25, 0.3) is 0 Å². The van der Waals surface area contributed by atoms with Crippen molar-refractivity contribution in [3.63, 3.8) is 0 Å². The van der Waals surface area contributed by atoms with Crippen molar-refractivity contribution in [3.8, 4) is 0 Å². The van der Waals surface area contributed by atoms with E-state index < -0.39 is 9.84 Å². The van der Waals surface area contributed by atoms with E-state index >= 15 is 0 Å². The Hall–Kier alpha value is -0.130. The number of nitrogens with zero attached hydrogens (tertiary/aromatic N) is 1. The standard InChI is InChI=1S/C11H26N2O2S/c1-10(2)13(11(3)4)8-6-12-7-9-16(5,14)15/h10-12H,6-9H2,1-5H3. The van der Waals surface area contributed by atoms with Gasteiger partial charge in [-0.3, -0.25) is 4.90 Å². The summed E-state index contributed by atoms with van der Waals surface area (Å²) in [6.07, 6.45) is 1.27. The third kappa shape index (κ3) is 8.07. The molecule has 0 aliphatic carbocycles. The van der Waals surface area contributed by atoms with Crippen molar-refractivity contribution < 1.29 is 8.42 Å². The van der Waals surface area contributed by atoms with E-state index in [0.717, 1.165) is 13.1 Å². The van der Waals surface area contributed by atoms with Crippen LogP contribution in [0.4, 0.5) is 0 Å². The van der Waals surface area contributed by atoms with E-state index in [2.05, 4.69) is 37.9 Å². The minimum atomic E-state index is -2.83. The number of hydrogen-bond acceptors (Lipinski definition) is 4. The van der Waals surface area contributed by atoms with E-state index in [4.69, 9.17) is 0 Å². The first-order valence-corrected chi connectivity index (χ1v) is 7.94. The Balaban J connectivity index is 3.72. The molecule has 0 spiro atoms. The second kappa shape index (κ2) is 7.25. The number of sulfone groups is 1. The van der Waals surface area contributed by atoms with Gasteiger partial charge in [0.25, 0.3) is 0 Å². The Morgan fingerprint density at radius 1 is 1.06 bits per heavy atom. The van der Waals surface area contributed by atoms with Crippen molar-refractivity contribution >= 4 is 9.84 Å². The first-order chi connectivity index (χ1) is 7.24. The van der Waals surface area contributed by atoms with Crippen LogP contribution in [0.15, 0.2) is 0 Å². The minimum Gasteiger partial charge on any atom is -0.314 e. The van der Waals surface area contributed by atoms with Gasteiger partial charge in [0.2, 0.25) is 0 Å². The third-order valence-electron chi connectivity index (χ3n) is 2.52. The zero-order valence-electron chi connectivity index (χ0n) is 11.2. The Kier molecular flexibility index (Phi) is 7.19. The van der Waals surface area contributed by atoms with E-state index in [-0.39, 0.29) is 5.75 Å². The first kappa shape index (κ1) is 15.9. The molecule has 0 aliphatic heterocycles. The van der Waals surface area contributed by atoms with Crippen LogP contribution in [0.3, 0.4) is 0 Å². The van der Waals surface area contributed by atoms with Gasteiger partial charge in [-0.05, 0) is 27.7 Å². The molecular formula is C11H26N2O2S. The van der Waals surface area contributed by atoms with Gasteiger partial charge in [-0.15, -0.1) is 0 Å². The third-order valence-corrected chi connectivity index (χ3v) is 3.47. The first-order valence-electron chi connectivity index (χ1n) is 5.88. The average molecular weight is 250 g/mol. The van der Waals surface area contributed by atoms with Crippen LogP contribution < -0.4 is 5.32 Å². The predicted molar refractivity (Wildman–Crippen MR) is 69.6 cm³/mol. The predicted octanol–water partition coefficient (Wildman–Crippen LogP) is 0.739. The summed E-state index contributed by atoms with van der Waals surface area (Å²) in [7, 11) is -2.83. The molecular weight excluding hydrogens is 224 g/mol. The molecule has 0 aliphatic rings. The van der Waals surface area contributed by atoms with Gasteiger partial charge >= 0.3 is 0 Å². The largest absolute Gasteiger partial charge is 0.314 e. The lowest BCUT2D eigenvalue weighted by atomic mass is 10.2. The molecule has 0 rings (SSSR count). The van der Waals surface area contributed by atoms with Crippen LogP contribution >= 0.6 is 0 Å². The number of rotatable bonds is 8. The fourth-order valence-electron chi connectivity index (χ4n) is 1.70. The number of nitrogens with one attached hydrogen (secondary N) is 1. The maximum Gasteiger partial charge on any atom is 0.148 e. The van der Waals surface area contributed by atoms with Crippen molar-refractivity contribution in [1.82, 2.24) is 10.2 Å². The fraction of sp³-hybridized carbons (Fsp3) is 1.00. The fourth-order valence-corrected chi connectivity index (χ4v) is 2.22. The molecule has 0 atom stereocenters. The number of hydrogen-bond donors (Lipinski definition) is 1. The highest BCUT2D eigenvalue weighted by molar-refractivity contribution is 7.90. The quantitative estimate of drug-likeness (QED) is 0.646. The van der Waals surface area contributed by atoms with Crippen molar-refractivity contribution in [1.29, 1.82) is 0 Å². The maximum atomic E-state index is 10.9. The summed E-state index contributed by atoms with van der Waals surface area (Å²) < 4.78 is 21.8. The van der Waals surface area contributed by atoms with E-state index in [1.165, 1.54) is 6.26 Å².